The summed E-state index contributed by atoms with van der Waals surface area (Å²) in [5.74, 6) is -3.35. The molecule has 2 amide bonds. The van der Waals surface area contributed by atoms with Crippen molar-refractivity contribution in [3.63, 3.8) is 0 Å². The number of piperidine rings is 1. The van der Waals surface area contributed by atoms with Crippen molar-refractivity contribution in [1.29, 1.82) is 5.26 Å². The Balaban J connectivity index is 1.89. The van der Waals surface area contributed by atoms with Crippen molar-refractivity contribution in [2.75, 3.05) is 0 Å². The first kappa shape index (κ1) is 19.5. The number of carbonyl (C=O) groups excluding carboxylic acids is 2. The molecular weight excluding hydrogens is 368 g/mol. The average Bonchev–Trinajstić information content (AvgIpc) is 3.12. The molecule has 1 saturated heterocycles. The highest BCUT2D eigenvalue weighted by Gasteiger charge is 2.34. The fraction of sp³-hybridized carbons (Fsp3) is 0.368. The van der Waals surface area contributed by atoms with Gasteiger partial charge >= 0.3 is 0 Å². The van der Waals surface area contributed by atoms with Crippen LogP contribution in [0.1, 0.15) is 60.4 Å². The Bertz CT molecular complexity index is 940. The van der Waals surface area contributed by atoms with Gasteiger partial charge in [0.15, 0.2) is 0 Å². The molecule has 0 unspecified atom stereocenters. The highest BCUT2D eigenvalue weighted by molar-refractivity contribution is 5.95. The number of hydrogen-bond acceptors (Lipinski definition) is 4. The van der Waals surface area contributed by atoms with Crippen LogP contribution in [-0.2, 0) is 4.79 Å². The number of benzene rings is 1. The van der Waals surface area contributed by atoms with Gasteiger partial charge in [-0.15, -0.1) is 0 Å². The topological polar surface area (TPSA) is 99.8 Å². The second-order valence-corrected chi connectivity index (χ2v) is 6.88. The van der Waals surface area contributed by atoms with Crippen LogP contribution in [0.5, 0.6) is 0 Å². The largest absolute Gasteiger partial charge is 0.347 e. The fourth-order valence-corrected chi connectivity index (χ4v) is 3.33. The van der Waals surface area contributed by atoms with E-state index in [1.165, 1.54) is 0 Å². The number of nitriles is 1. The van der Waals surface area contributed by atoms with Crippen LogP contribution in [0, 0.1) is 23.0 Å². The van der Waals surface area contributed by atoms with Crippen molar-refractivity contribution >= 4 is 11.8 Å². The molecule has 1 aromatic heterocycles. The van der Waals surface area contributed by atoms with Gasteiger partial charge in [0.2, 0.25) is 5.91 Å². The van der Waals surface area contributed by atoms with Crippen molar-refractivity contribution in [3.8, 4) is 6.07 Å². The molecule has 1 aliphatic rings. The minimum Gasteiger partial charge on any atom is -0.347 e. The normalized spacial score (nSPS) is 19.2. The molecule has 0 saturated carbocycles. The molecule has 2 aromatic rings. The van der Waals surface area contributed by atoms with Gasteiger partial charge in [-0.1, -0.05) is 0 Å². The van der Waals surface area contributed by atoms with E-state index in [1.807, 2.05) is 13.8 Å². The molecule has 0 radical (unpaired) electrons. The number of aromatic nitrogens is 2. The van der Waals surface area contributed by atoms with Gasteiger partial charge in [-0.3, -0.25) is 14.3 Å². The summed E-state index contributed by atoms with van der Waals surface area (Å²) in [4.78, 5) is 24.5. The Labute approximate surface area is 160 Å². The number of hydrogen-bond donors (Lipinski definition) is 2. The molecule has 1 fully saturated rings. The number of amides is 2. The van der Waals surface area contributed by atoms with Gasteiger partial charge in [0, 0.05) is 18.7 Å². The minimum atomic E-state index is -1.11. The lowest BCUT2D eigenvalue weighted by Crippen LogP contribution is -2.51. The second kappa shape index (κ2) is 7.76. The Morgan fingerprint density at radius 1 is 1.39 bits per heavy atom. The zero-order valence-corrected chi connectivity index (χ0v) is 15.4. The molecule has 2 N–H and O–H groups in total. The van der Waals surface area contributed by atoms with Crippen LogP contribution < -0.4 is 10.6 Å². The van der Waals surface area contributed by atoms with Gasteiger partial charge in [0.25, 0.3) is 5.91 Å². The first-order valence-electron chi connectivity index (χ1n) is 8.84. The minimum absolute atomic E-state index is 0.0218. The summed E-state index contributed by atoms with van der Waals surface area (Å²) in [6.45, 7) is 3.85. The van der Waals surface area contributed by atoms with Crippen molar-refractivity contribution < 1.29 is 18.4 Å². The maximum Gasteiger partial charge on any atom is 0.257 e. The molecule has 28 heavy (non-hydrogen) atoms. The van der Waals surface area contributed by atoms with Crippen molar-refractivity contribution in [1.82, 2.24) is 20.4 Å². The second-order valence-electron chi connectivity index (χ2n) is 6.88. The summed E-state index contributed by atoms with van der Waals surface area (Å²) >= 11 is 0. The van der Waals surface area contributed by atoms with Crippen LogP contribution in [0.3, 0.4) is 0 Å². The SMILES string of the molecule is CC(C)n1nccc1[C@@H]1NC(=O)CC[C@H]1NC(=O)c1c(F)cc(C#N)cc1F. The van der Waals surface area contributed by atoms with Crippen molar-refractivity contribution in [2.45, 2.75) is 44.8 Å². The first-order chi connectivity index (χ1) is 13.3. The molecule has 0 spiro atoms. The maximum absolute atomic E-state index is 14.2. The van der Waals surface area contributed by atoms with Crippen LogP contribution in [-0.4, -0.2) is 27.6 Å². The van der Waals surface area contributed by atoms with E-state index < -0.39 is 35.2 Å². The number of halogens is 2. The van der Waals surface area contributed by atoms with E-state index >= 15 is 0 Å². The van der Waals surface area contributed by atoms with Gasteiger partial charge in [0.05, 0.1) is 29.4 Å². The van der Waals surface area contributed by atoms with Crippen molar-refractivity contribution in [3.05, 3.63) is 52.9 Å². The molecule has 2 atom stereocenters. The quantitative estimate of drug-likeness (QED) is 0.841. The summed E-state index contributed by atoms with van der Waals surface area (Å²) < 4.78 is 30.1. The summed E-state index contributed by atoms with van der Waals surface area (Å²) in [7, 11) is 0. The van der Waals surface area contributed by atoms with E-state index in [9.17, 15) is 18.4 Å². The predicted octanol–water partition coefficient (Wildman–Crippen LogP) is 2.36. The molecule has 146 valence electrons. The summed E-state index contributed by atoms with van der Waals surface area (Å²) in [6.07, 6.45) is 2.08. The molecule has 2 heterocycles. The molecular formula is C19H19F2N5O2. The summed E-state index contributed by atoms with van der Waals surface area (Å²) in [5.41, 5.74) is -0.281. The van der Waals surface area contributed by atoms with Crippen LogP contribution in [0.25, 0.3) is 0 Å². The zero-order valence-electron chi connectivity index (χ0n) is 15.4. The zero-order chi connectivity index (χ0) is 20.4. The molecule has 7 nitrogen and oxygen atoms in total. The number of nitrogens with one attached hydrogen (secondary N) is 2. The Morgan fingerprint density at radius 2 is 2.07 bits per heavy atom. The standard InChI is InChI=1S/C19H19F2N5O2/c1-10(2)26-15(5-6-23-26)18-14(3-4-16(27)25-18)24-19(28)17-12(20)7-11(9-22)8-13(17)21/h5-8,10,14,18H,3-4H2,1-2H3,(H,24,28)(H,25,27)/t14-,18-/m1/s1. The van der Waals surface area contributed by atoms with Gasteiger partial charge < -0.3 is 10.6 Å². The third-order valence-electron chi connectivity index (χ3n) is 4.62. The smallest absolute Gasteiger partial charge is 0.257 e. The predicted molar refractivity (Wildman–Crippen MR) is 95.1 cm³/mol. The number of carbonyl (C=O) groups is 2. The van der Waals surface area contributed by atoms with Gasteiger partial charge in [-0.25, -0.2) is 8.78 Å². The molecule has 3 rings (SSSR count). The lowest BCUT2D eigenvalue weighted by Gasteiger charge is -2.33. The van der Waals surface area contributed by atoms with Crippen LogP contribution in [0.15, 0.2) is 24.4 Å². The Hall–Kier alpha value is -3.28. The van der Waals surface area contributed by atoms with E-state index in [0.717, 1.165) is 12.1 Å². The van der Waals surface area contributed by atoms with E-state index in [1.54, 1.807) is 23.0 Å². The van der Waals surface area contributed by atoms with E-state index in [-0.39, 0.29) is 23.9 Å². The fourth-order valence-electron chi connectivity index (χ4n) is 3.33. The van der Waals surface area contributed by atoms with Gasteiger partial charge in [-0.05, 0) is 38.5 Å². The van der Waals surface area contributed by atoms with Crippen LogP contribution in [0.2, 0.25) is 0 Å². The number of nitrogens with zero attached hydrogens (tertiary/aromatic N) is 3. The van der Waals surface area contributed by atoms with E-state index in [2.05, 4.69) is 15.7 Å². The molecule has 1 aromatic carbocycles. The molecule has 0 aliphatic carbocycles. The summed E-state index contributed by atoms with van der Waals surface area (Å²) in [6, 6.07) is 3.85. The molecule has 0 bridgehead atoms. The highest BCUT2D eigenvalue weighted by Crippen LogP contribution is 2.26. The average molecular weight is 387 g/mol. The van der Waals surface area contributed by atoms with E-state index in [0.29, 0.717) is 12.1 Å². The monoisotopic (exact) mass is 387 g/mol. The van der Waals surface area contributed by atoms with Gasteiger partial charge in [0.1, 0.15) is 17.2 Å². The third kappa shape index (κ3) is 3.71. The Kier molecular flexibility index (Phi) is 5.40. The summed E-state index contributed by atoms with van der Waals surface area (Å²) in [5, 5.41) is 18.5. The number of rotatable bonds is 4. The molecule has 1 aliphatic heterocycles. The first-order valence-corrected chi connectivity index (χ1v) is 8.84. The van der Waals surface area contributed by atoms with E-state index in [4.69, 9.17) is 5.26 Å². The molecule has 9 heteroatoms. The van der Waals surface area contributed by atoms with Crippen LogP contribution >= 0.6 is 0 Å². The van der Waals surface area contributed by atoms with Crippen molar-refractivity contribution in [2.24, 2.45) is 0 Å². The third-order valence-corrected chi connectivity index (χ3v) is 4.62. The van der Waals surface area contributed by atoms with Gasteiger partial charge in [-0.2, -0.15) is 10.4 Å². The lowest BCUT2D eigenvalue weighted by molar-refractivity contribution is -0.124. The Morgan fingerprint density at radius 3 is 2.68 bits per heavy atom. The lowest BCUT2D eigenvalue weighted by atomic mass is 9.94. The van der Waals surface area contributed by atoms with Crippen LogP contribution in [0.4, 0.5) is 8.78 Å². The maximum atomic E-state index is 14.2. The highest BCUT2D eigenvalue weighted by atomic mass is 19.1.